The standard InChI is InChI=1S/C20H22N2O2/c23-20(15-9-10-16-13-24-14-17(16)12-15)22-11-5-4-8-19(22)21-18-6-2-1-3-7-18/h4-5,8-12,18H,1-3,6-7,13-14H2. The number of benzene rings is 1. The molecular weight excluding hydrogens is 300 g/mol. The van der Waals surface area contributed by atoms with Gasteiger partial charge in [-0.3, -0.25) is 14.4 Å². The van der Waals surface area contributed by atoms with Crippen LogP contribution in [-0.2, 0) is 18.0 Å². The topological polar surface area (TPSA) is 43.6 Å². The molecule has 0 amide bonds. The molecule has 0 radical (unpaired) electrons. The average molecular weight is 322 g/mol. The first-order valence-corrected chi connectivity index (χ1v) is 8.77. The van der Waals surface area contributed by atoms with Gasteiger partial charge >= 0.3 is 0 Å². The number of carbonyl (C=O) groups is 1. The van der Waals surface area contributed by atoms with Crippen molar-refractivity contribution in [2.24, 2.45) is 4.99 Å². The fraction of sp³-hybridized carbons (Fsp3) is 0.400. The summed E-state index contributed by atoms with van der Waals surface area (Å²) in [6.07, 6.45) is 7.84. The maximum Gasteiger partial charge on any atom is 0.263 e. The SMILES string of the molecule is O=C(c1ccc2c(c1)COC2)n1ccccc1=NC1CCCCC1. The van der Waals surface area contributed by atoms with E-state index in [4.69, 9.17) is 9.73 Å². The lowest BCUT2D eigenvalue weighted by Crippen LogP contribution is -2.29. The summed E-state index contributed by atoms with van der Waals surface area (Å²) >= 11 is 0. The molecule has 1 aliphatic heterocycles. The first-order chi connectivity index (χ1) is 11.8. The highest BCUT2D eigenvalue weighted by Crippen LogP contribution is 2.21. The molecule has 1 saturated carbocycles. The van der Waals surface area contributed by atoms with Gasteiger partial charge in [0.15, 0.2) is 0 Å². The zero-order valence-electron chi connectivity index (χ0n) is 13.8. The molecule has 1 aromatic heterocycles. The number of nitrogens with zero attached hydrogens (tertiary/aromatic N) is 2. The van der Waals surface area contributed by atoms with Gasteiger partial charge in [0, 0.05) is 11.8 Å². The first kappa shape index (κ1) is 15.3. The number of fused-ring (bicyclic) bond motifs is 1. The number of pyridine rings is 1. The Morgan fingerprint density at radius 2 is 1.88 bits per heavy atom. The van der Waals surface area contributed by atoms with Gasteiger partial charge in [0.1, 0.15) is 5.49 Å². The van der Waals surface area contributed by atoms with E-state index in [9.17, 15) is 4.79 Å². The Labute approximate surface area is 141 Å². The van der Waals surface area contributed by atoms with Gasteiger partial charge in [-0.2, -0.15) is 0 Å². The molecule has 124 valence electrons. The smallest absolute Gasteiger partial charge is 0.263 e. The number of hydrogen-bond acceptors (Lipinski definition) is 3. The molecule has 2 heterocycles. The predicted octanol–water partition coefficient (Wildman–Crippen LogP) is 3.44. The van der Waals surface area contributed by atoms with Gasteiger partial charge in [-0.25, -0.2) is 0 Å². The van der Waals surface area contributed by atoms with Gasteiger partial charge in [0.2, 0.25) is 0 Å². The van der Waals surface area contributed by atoms with E-state index in [2.05, 4.69) is 0 Å². The molecule has 4 rings (SSSR count). The monoisotopic (exact) mass is 322 g/mol. The molecule has 24 heavy (non-hydrogen) atoms. The Morgan fingerprint density at radius 3 is 2.75 bits per heavy atom. The van der Waals surface area contributed by atoms with Gasteiger partial charge < -0.3 is 4.74 Å². The second kappa shape index (κ2) is 6.73. The maximum atomic E-state index is 13.0. The van der Waals surface area contributed by atoms with Crippen LogP contribution in [0.4, 0.5) is 0 Å². The summed E-state index contributed by atoms with van der Waals surface area (Å²) in [6, 6.07) is 11.9. The van der Waals surface area contributed by atoms with Crippen molar-refractivity contribution in [3.05, 3.63) is 64.8 Å². The van der Waals surface area contributed by atoms with Crippen molar-refractivity contribution in [1.82, 2.24) is 4.57 Å². The van der Waals surface area contributed by atoms with E-state index in [1.54, 1.807) is 4.57 Å². The summed E-state index contributed by atoms with van der Waals surface area (Å²) in [6.45, 7) is 1.24. The van der Waals surface area contributed by atoms with E-state index in [1.807, 2.05) is 42.6 Å². The third-order valence-corrected chi connectivity index (χ3v) is 4.92. The first-order valence-electron chi connectivity index (χ1n) is 8.77. The highest BCUT2D eigenvalue weighted by atomic mass is 16.5. The van der Waals surface area contributed by atoms with E-state index in [1.165, 1.54) is 24.8 Å². The fourth-order valence-corrected chi connectivity index (χ4v) is 3.55. The number of aromatic nitrogens is 1. The molecule has 4 nitrogen and oxygen atoms in total. The van der Waals surface area contributed by atoms with Crippen molar-refractivity contribution >= 4 is 5.91 Å². The summed E-state index contributed by atoms with van der Waals surface area (Å²) < 4.78 is 7.12. The van der Waals surface area contributed by atoms with Crippen LogP contribution in [0, 0.1) is 0 Å². The minimum absolute atomic E-state index is 0.0279. The van der Waals surface area contributed by atoms with E-state index >= 15 is 0 Å². The minimum atomic E-state index is -0.0279. The summed E-state index contributed by atoms with van der Waals surface area (Å²) in [4.78, 5) is 17.8. The van der Waals surface area contributed by atoms with Crippen molar-refractivity contribution in [2.75, 3.05) is 0 Å². The van der Waals surface area contributed by atoms with E-state index in [0.717, 1.165) is 23.9 Å². The quantitative estimate of drug-likeness (QED) is 0.850. The van der Waals surface area contributed by atoms with Crippen LogP contribution < -0.4 is 5.49 Å². The molecule has 1 fully saturated rings. The summed E-state index contributed by atoms with van der Waals surface area (Å²) in [5, 5.41) is 0. The Bertz CT molecular complexity index is 816. The van der Waals surface area contributed by atoms with E-state index in [-0.39, 0.29) is 5.91 Å². The van der Waals surface area contributed by atoms with Crippen LogP contribution in [0.25, 0.3) is 0 Å². The number of rotatable bonds is 2. The molecule has 0 N–H and O–H groups in total. The molecule has 1 aromatic carbocycles. The lowest BCUT2D eigenvalue weighted by molar-refractivity contribution is 0.0954. The fourth-order valence-electron chi connectivity index (χ4n) is 3.55. The molecular formula is C20H22N2O2. The highest BCUT2D eigenvalue weighted by molar-refractivity contribution is 5.96. The Balaban J connectivity index is 1.68. The van der Waals surface area contributed by atoms with Crippen molar-refractivity contribution in [2.45, 2.75) is 51.4 Å². The van der Waals surface area contributed by atoms with Crippen LogP contribution >= 0.6 is 0 Å². The maximum absolute atomic E-state index is 13.0. The van der Waals surface area contributed by atoms with Crippen LogP contribution in [0.5, 0.6) is 0 Å². The molecule has 0 spiro atoms. The Hall–Kier alpha value is -2.20. The van der Waals surface area contributed by atoms with Crippen LogP contribution in [0.3, 0.4) is 0 Å². The lowest BCUT2D eigenvalue weighted by Gasteiger charge is -2.17. The molecule has 1 aliphatic carbocycles. The van der Waals surface area contributed by atoms with E-state index < -0.39 is 0 Å². The third-order valence-electron chi connectivity index (χ3n) is 4.92. The van der Waals surface area contributed by atoms with E-state index in [0.29, 0.717) is 24.8 Å². The van der Waals surface area contributed by atoms with Gasteiger partial charge in [-0.15, -0.1) is 0 Å². The normalized spacial score (nSPS) is 18.6. The second-order valence-electron chi connectivity index (χ2n) is 6.63. The zero-order valence-corrected chi connectivity index (χ0v) is 13.8. The molecule has 2 aliphatic rings. The van der Waals surface area contributed by atoms with Gasteiger partial charge in [0.25, 0.3) is 5.91 Å². The molecule has 4 heteroatoms. The lowest BCUT2D eigenvalue weighted by atomic mass is 9.96. The molecule has 0 saturated heterocycles. The van der Waals surface area contributed by atoms with Crippen LogP contribution in [-0.4, -0.2) is 16.5 Å². The summed E-state index contributed by atoms with van der Waals surface area (Å²) in [5.74, 6) is -0.0279. The number of ether oxygens (including phenoxy) is 1. The van der Waals surface area contributed by atoms with Gasteiger partial charge in [-0.05, 0) is 48.2 Å². The predicted molar refractivity (Wildman–Crippen MR) is 91.5 cm³/mol. The van der Waals surface area contributed by atoms with Crippen molar-refractivity contribution in [1.29, 1.82) is 0 Å². The zero-order chi connectivity index (χ0) is 16.4. The second-order valence-corrected chi connectivity index (χ2v) is 6.63. The summed E-state index contributed by atoms with van der Waals surface area (Å²) in [5.41, 5.74) is 3.74. The van der Waals surface area contributed by atoms with Crippen molar-refractivity contribution < 1.29 is 9.53 Å². The molecule has 0 atom stereocenters. The average Bonchev–Trinajstić information content (AvgIpc) is 3.10. The van der Waals surface area contributed by atoms with Gasteiger partial charge in [0.05, 0.1) is 19.3 Å². The number of carbonyl (C=O) groups excluding carboxylic acids is 1. The van der Waals surface area contributed by atoms with Crippen LogP contribution in [0.15, 0.2) is 47.6 Å². The minimum Gasteiger partial charge on any atom is -0.372 e. The largest absolute Gasteiger partial charge is 0.372 e. The molecule has 2 aromatic rings. The molecule has 0 unspecified atom stereocenters. The third kappa shape index (κ3) is 3.06. The molecule has 0 bridgehead atoms. The Morgan fingerprint density at radius 1 is 1.04 bits per heavy atom. The highest BCUT2D eigenvalue weighted by Gasteiger charge is 2.16. The van der Waals surface area contributed by atoms with Gasteiger partial charge in [-0.1, -0.05) is 31.4 Å². The van der Waals surface area contributed by atoms with Crippen LogP contribution in [0.2, 0.25) is 0 Å². The summed E-state index contributed by atoms with van der Waals surface area (Å²) in [7, 11) is 0. The number of hydrogen-bond donors (Lipinski definition) is 0. The van der Waals surface area contributed by atoms with Crippen molar-refractivity contribution in [3.8, 4) is 0 Å². The Kier molecular flexibility index (Phi) is 4.30. The van der Waals surface area contributed by atoms with Crippen molar-refractivity contribution in [3.63, 3.8) is 0 Å². The van der Waals surface area contributed by atoms with Crippen LogP contribution in [0.1, 0.15) is 53.6 Å².